The van der Waals surface area contributed by atoms with Crippen molar-refractivity contribution < 1.29 is 0 Å². The number of nitrogens with one attached hydrogen (secondary N) is 1. The highest BCUT2D eigenvalue weighted by molar-refractivity contribution is 5.89. The Morgan fingerprint density at radius 2 is 1.91 bits per heavy atom. The van der Waals surface area contributed by atoms with Crippen LogP contribution in [0, 0.1) is 19.8 Å². The second kappa shape index (κ2) is 5.95. The van der Waals surface area contributed by atoms with Crippen LogP contribution >= 0.6 is 0 Å². The molecule has 0 amide bonds. The van der Waals surface area contributed by atoms with Crippen molar-refractivity contribution in [1.29, 1.82) is 0 Å². The van der Waals surface area contributed by atoms with Gasteiger partial charge in [-0.25, -0.2) is 9.97 Å². The number of pyridine rings is 1. The van der Waals surface area contributed by atoms with Gasteiger partial charge in [0.05, 0.1) is 22.8 Å². The highest BCUT2D eigenvalue weighted by Gasteiger charge is 2.21. The molecule has 0 radical (unpaired) electrons. The van der Waals surface area contributed by atoms with Crippen molar-refractivity contribution in [3.05, 3.63) is 41.6 Å². The maximum Gasteiger partial charge on any atom is 0.163 e. The molecule has 6 heteroatoms. The van der Waals surface area contributed by atoms with E-state index in [0.717, 1.165) is 34.1 Å². The van der Waals surface area contributed by atoms with E-state index in [4.69, 9.17) is 0 Å². The van der Waals surface area contributed by atoms with Crippen molar-refractivity contribution in [3.8, 4) is 0 Å². The van der Waals surface area contributed by atoms with Crippen LogP contribution in [0.15, 0.2) is 24.4 Å². The summed E-state index contributed by atoms with van der Waals surface area (Å²) in [5.41, 5.74) is 2.78. The third-order valence-corrected chi connectivity index (χ3v) is 3.94. The first-order valence-electron chi connectivity index (χ1n) is 7.82. The lowest BCUT2D eigenvalue weighted by molar-refractivity contribution is 0.533. The Morgan fingerprint density at radius 3 is 2.57 bits per heavy atom. The average molecular weight is 310 g/mol. The lowest BCUT2D eigenvalue weighted by Crippen LogP contribution is -2.19. The van der Waals surface area contributed by atoms with E-state index in [1.807, 2.05) is 45.3 Å². The van der Waals surface area contributed by atoms with E-state index in [9.17, 15) is 0 Å². The molecular weight excluding hydrogens is 288 g/mol. The lowest BCUT2D eigenvalue weighted by atomic mass is 10.00. The molecule has 3 aromatic rings. The van der Waals surface area contributed by atoms with Crippen molar-refractivity contribution in [2.45, 2.75) is 33.7 Å². The Labute approximate surface area is 136 Å². The summed E-state index contributed by atoms with van der Waals surface area (Å²) in [4.78, 5) is 13.6. The Balaban J connectivity index is 2.09. The molecule has 0 saturated carbocycles. The van der Waals surface area contributed by atoms with Gasteiger partial charge >= 0.3 is 0 Å². The molecule has 0 saturated heterocycles. The number of anilines is 1. The summed E-state index contributed by atoms with van der Waals surface area (Å²) in [5.74, 6) is 1.92. The summed E-state index contributed by atoms with van der Waals surface area (Å²) >= 11 is 0. The fourth-order valence-corrected chi connectivity index (χ4v) is 2.84. The van der Waals surface area contributed by atoms with Gasteiger partial charge in [-0.2, -0.15) is 5.10 Å². The van der Waals surface area contributed by atoms with E-state index < -0.39 is 0 Å². The van der Waals surface area contributed by atoms with Gasteiger partial charge in [0.1, 0.15) is 11.6 Å². The van der Waals surface area contributed by atoms with E-state index in [1.165, 1.54) is 0 Å². The van der Waals surface area contributed by atoms with Crippen LogP contribution in [0.4, 0.5) is 5.82 Å². The highest BCUT2D eigenvalue weighted by atomic mass is 15.3. The topological polar surface area (TPSA) is 68.5 Å². The van der Waals surface area contributed by atoms with Crippen LogP contribution in [0.2, 0.25) is 0 Å². The molecule has 3 rings (SSSR count). The van der Waals surface area contributed by atoms with Crippen molar-refractivity contribution >= 4 is 16.9 Å². The molecule has 0 bridgehead atoms. The number of aromatic nitrogens is 5. The summed E-state index contributed by atoms with van der Waals surface area (Å²) in [5, 5.41) is 9.01. The van der Waals surface area contributed by atoms with Gasteiger partial charge in [0, 0.05) is 13.2 Å². The monoisotopic (exact) mass is 310 g/mol. The summed E-state index contributed by atoms with van der Waals surface area (Å²) in [6.45, 7) is 8.23. The average Bonchev–Trinajstić information content (AvgIpc) is 2.79. The van der Waals surface area contributed by atoms with Gasteiger partial charge in [-0.05, 0) is 31.9 Å². The van der Waals surface area contributed by atoms with Gasteiger partial charge in [0.2, 0.25) is 0 Å². The van der Waals surface area contributed by atoms with E-state index in [-0.39, 0.29) is 6.04 Å². The highest BCUT2D eigenvalue weighted by Crippen LogP contribution is 2.29. The summed E-state index contributed by atoms with van der Waals surface area (Å²) in [7, 11) is 1.91. The van der Waals surface area contributed by atoms with Crippen LogP contribution in [0.25, 0.3) is 11.0 Å². The molecule has 1 atom stereocenters. The minimum atomic E-state index is 0.0771. The Bertz CT molecular complexity index is 822. The maximum atomic E-state index is 4.62. The zero-order valence-electron chi connectivity index (χ0n) is 14.2. The number of rotatable bonds is 4. The number of hydrogen-bond donors (Lipinski definition) is 1. The van der Waals surface area contributed by atoms with E-state index >= 15 is 0 Å². The van der Waals surface area contributed by atoms with Gasteiger partial charge in [0.25, 0.3) is 0 Å². The predicted octanol–water partition coefficient (Wildman–Crippen LogP) is 3.18. The van der Waals surface area contributed by atoms with Crippen molar-refractivity contribution in [1.82, 2.24) is 24.7 Å². The van der Waals surface area contributed by atoms with Gasteiger partial charge in [-0.15, -0.1) is 0 Å². The third-order valence-electron chi connectivity index (χ3n) is 3.94. The van der Waals surface area contributed by atoms with Crippen LogP contribution in [0.1, 0.15) is 37.1 Å². The molecule has 3 aromatic heterocycles. The fourth-order valence-electron chi connectivity index (χ4n) is 2.84. The Hall–Kier alpha value is -2.50. The van der Waals surface area contributed by atoms with Crippen LogP contribution in [-0.2, 0) is 7.05 Å². The molecule has 3 heterocycles. The summed E-state index contributed by atoms with van der Waals surface area (Å²) in [6.07, 6.45) is 1.82. The summed E-state index contributed by atoms with van der Waals surface area (Å²) in [6, 6.07) is 6.06. The molecular formula is C17H22N6. The third kappa shape index (κ3) is 2.88. The first-order chi connectivity index (χ1) is 11.0. The molecule has 0 spiro atoms. The normalized spacial score (nSPS) is 12.8. The smallest absolute Gasteiger partial charge is 0.163 e. The Morgan fingerprint density at radius 1 is 1.13 bits per heavy atom. The second-order valence-corrected chi connectivity index (χ2v) is 6.15. The van der Waals surface area contributed by atoms with Gasteiger partial charge in [0.15, 0.2) is 5.65 Å². The molecule has 120 valence electrons. The van der Waals surface area contributed by atoms with Gasteiger partial charge < -0.3 is 5.32 Å². The molecule has 0 aromatic carbocycles. The maximum absolute atomic E-state index is 4.62. The SMILES string of the molecule is Cc1nc(NC(c2ccccn2)C(C)C)c2c(C)nn(C)c2n1. The van der Waals surface area contributed by atoms with Crippen LogP contribution in [0.5, 0.6) is 0 Å². The summed E-state index contributed by atoms with van der Waals surface area (Å²) < 4.78 is 1.80. The second-order valence-electron chi connectivity index (χ2n) is 6.15. The zero-order chi connectivity index (χ0) is 16.6. The number of nitrogens with zero attached hydrogens (tertiary/aromatic N) is 5. The molecule has 0 fully saturated rings. The minimum Gasteiger partial charge on any atom is -0.361 e. The first-order valence-corrected chi connectivity index (χ1v) is 7.82. The first kappa shape index (κ1) is 15.4. The van der Waals surface area contributed by atoms with Crippen LogP contribution in [0.3, 0.4) is 0 Å². The number of hydrogen-bond acceptors (Lipinski definition) is 5. The van der Waals surface area contributed by atoms with Gasteiger partial charge in [-0.3, -0.25) is 9.67 Å². The standard InChI is InChI=1S/C17H22N6/c1-10(2)15(13-8-6-7-9-18-13)21-16-14-11(3)22-23(5)17(14)20-12(4)19-16/h6-10,15H,1-5H3,(H,19,20,21). The lowest BCUT2D eigenvalue weighted by Gasteiger charge is -2.23. The molecule has 23 heavy (non-hydrogen) atoms. The molecule has 0 aliphatic carbocycles. The number of fused-ring (bicyclic) bond motifs is 1. The zero-order valence-corrected chi connectivity index (χ0v) is 14.2. The molecule has 1 N–H and O–H groups in total. The van der Waals surface area contributed by atoms with E-state index in [2.05, 4.69) is 39.2 Å². The number of aryl methyl sites for hydroxylation is 3. The minimum absolute atomic E-state index is 0.0771. The van der Waals surface area contributed by atoms with Crippen molar-refractivity contribution in [3.63, 3.8) is 0 Å². The van der Waals surface area contributed by atoms with Crippen molar-refractivity contribution in [2.24, 2.45) is 13.0 Å². The molecule has 6 nitrogen and oxygen atoms in total. The van der Waals surface area contributed by atoms with Gasteiger partial charge in [-0.1, -0.05) is 19.9 Å². The molecule has 1 unspecified atom stereocenters. The quantitative estimate of drug-likeness (QED) is 0.801. The van der Waals surface area contributed by atoms with Crippen LogP contribution in [-0.4, -0.2) is 24.7 Å². The fraction of sp³-hybridized carbons (Fsp3) is 0.412. The Kier molecular flexibility index (Phi) is 3.98. The largest absolute Gasteiger partial charge is 0.361 e. The van der Waals surface area contributed by atoms with E-state index in [1.54, 1.807) is 4.68 Å². The van der Waals surface area contributed by atoms with E-state index in [0.29, 0.717) is 5.92 Å². The molecule has 0 aliphatic rings. The van der Waals surface area contributed by atoms with Crippen LogP contribution < -0.4 is 5.32 Å². The van der Waals surface area contributed by atoms with Crippen molar-refractivity contribution in [2.75, 3.05) is 5.32 Å². The predicted molar refractivity (Wildman–Crippen MR) is 91.2 cm³/mol. The molecule has 0 aliphatic heterocycles.